The van der Waals surface area contributed by atoms with E-state index in [9.17, 15) is 4.79 Å². The topological polar surface area (TPSA) is 55.6 Å². The SMILES string of the molecule is CCCC(N)C(=O)N(CCc1ccc(C)cc1)CC1CCCO1. The largest absolute Gasteiger partial charge is 0.376 e. The number of amides is 1. The summed E-state index contributed by atoms with van der Waals surface area (Å²) in [6.07, 6.45) is 4.83. The molecule has 0 aromatic heterocycles. The summed E-state index contributed by atoms with van der Waals surface area (Å²) in [4.78, 5) is 14.6. The fourth-order valence-electron chi connectivity index (χ4n) is 3.01. The van der Waals surface area contributed by atoms with Gasteiger partial charge in [-0.1, -0.05) is 43.2 Å². The highest BCUT2D eigenvalue weighted by Gasteiger charge is 2.25. The molecule has 1 amide bonds. The summed E-state index contributed by atoms with van der Waals surface area (Å²) in [6.45, 7) is 6.33. The molecule has 1 saturated heterocycles. The molecule has 1 aromatic carbocycles. The van der Waals surface area contributed by atoms with Gasteiger partial charge in [-0.25, -0.2) is 0 Å². The van der Waals surface area contributed by atoms with Crippen LogP contribution in [0.1, 0.15) is 43.7 Å². The van der Waals surface area contributed by atoms with Gasteiger partial charge in [0.2, 0.25) is 5.91 Å². The van der Waals surface area contributed by atoms with Gasteiger partial charge in [-0.15, -0.1) is 0 Å². The average molecular weight is 318 g/mol. The van der Waals surface area contributed by atoms with Gasteiger partial charge in [0.05, 0.1) is 12.1 Å². The third-order valence-electron chi connectivity index (χ3n) is 4.47. The Morgan fingerprint density at radius 3 is 2.74 bits per heavy atom. The van der Waals surface area contributed by atoms with Crippen LogP contribution in [-0.4, -0.2) is 42.6 Å². The van der Waals surface area contributed by atoms with Gasteiger partial charge in [-0.2, -0.15) is 0 Å². The van der Waals surface area contributed by atoms with Gasteiger partial charge in [0, 0.05) is 19.7 Å². The molecule has 0 radical (unpaired) electrons. The highest BCUT2D eigenvalue weighted by molar-refractivity contribution is 5.81. The van der Waals surface area contributed by atoms with Crippen molar-refractivity contribution >= 4 is 5.91 Å². The minimum Gasteiger partial charge on any atom is -0.376 e. The smallest absolute Gasteiger partial charge is 0.239 e. The van der Waals surface area contributed by atoms with E-state index in [1.54, 1.807) is 0 Å². The van der Waals surface area contributed by atoms with Crippen LogP contribution >= 0.6 is 0 Å². The van der Waals surface area contributed by atoms with Crippen LogP contribution in [0.25, 0.3) is 0 Å². The van der Waals surface area contributed by atoms with Crippen molar-refractivity contribution in [1.82, 2.24) is 4.90 Å². The van der Waals surface area contributed by atoms with Crippen LogP contribution in [0, 0.1) is 6.92 Å². The van der Waals surface area contributed by atoms with Crippen molar-refractivity contribution in [1.29, 1.82) is 0 Å². The third-order valence-corrected chi connectivity index (χ3v) is 4.47. The molecule has 1 heterocycles. The molecule has 2 N–H and O–H groups in total. The number of carbonyl (C=O) groups is 1. The lowest BCUT2D eigenvalue weighted by atomic mass is 10.1. The molecule has 1 aliphatic rings. The Hall–Kier alpha value is -1.39. The first kappa shape index (κ1) is 18.0. The maximum atomic E-state index is 12.6. The maximum Gasteiger partial charge on any atom is 0.239 e. The van der Waals surface area contributed by atoms with Gasteiger partial charge in [-0.05, 0) is 38.2 Å². The van der Waals surface area contributed by atoms with Crippen molar-refractivity contribution in [2.75, 3.05) is 19.7 Å². The van der Waals surface area contributed by atoms with Gasteiger partial charge in [0.15, 0.2) is 0 Å². The van der Waals surface area contributed by atoms with Crippen LogP contribution in [-0.2, 0) is 16.0 Å². The number of carbonyl (C=O) groups excluding carboxylic acids is 1. The van der Waals surface area contributed by atoms with E-state index in [1.807, 2.05) is 4.90 Å². The summed E-state index contributed by atoms with van der Waals surface area (Å²) in [5.41, 5.74) is 8.57. The van der Waals surface area contributed by atoms with E-state index in [2.05, 4.69) is 38.1 Å². The predicted octanol–water partition coefficient (Wildman–Crippen LogP) is 2.67. The second-order valence-electron chi connectivity index (χ2n) is 6.55. The fourth-order valence-corrected chi connectivity index (χ4v) is 3.01. The predicted molar refractivity (Wildman–Crippen MR) is 93.3 cm³/mol. The normalized spacial score (nSPS) is 18.8. The monoisotopic (exact) mass is 318 g/mol. The van der Waals surface area contributed by atoms with Gasteiger partial charge in [0.25, 0.3) is 0 Å². The summed E-state index contributed by atoms with van der Waals surface area (Å²) in [6, 6.07) is 8.11. The third kappa shape index (κ3) is 5.63. The van der Waals surface area contributed by atoms with E-state index in [4.69, 9.17) is 10.5 Å². The number of rotatable bonds is 8. The molecule has 0 bridgehead atoms. The van der Waals surface area contributed by atoms with E-state index in [0.29, 0.717) is 13.1 Å². The zero-order chi connectivity index (χ0) is 16.7. The zero-order valence-corrected chi connectivity index (χ0v) is 14.5. The van der Waals surface area contributed by atoms with Gasteiger partial charge < -0.3 is 15.4 Å². The van der Waals surface area contributed by atoms with Crippen molar-refractivity contribution in [2.24, 2.45) is 5.73 Å². The van der Waals surface area contributed by atoms with E-state index in [0.717, 1.165) is 38.7 Å². The lowest BCUT2D eigenvalue weighted by Crippen LogP contribution is -2.47. The molecular formula is C19H30N2O2. The summed E-state index contributed by atoms with van der Waals surface area (Å²) in [5.74, 6) is 0.0643. The molecule has 23 heavy (non-hydrogen) atoms. The molecule has 2 rings (SSSR count). The molecular weight excluding hydrogens is 288 g/mol. The Bertz CT molecular complexity index is 481. The molecule has 0 saturated carbocycles. The molecule has 1 aliphatic heterocycles. The van der Waals surface area contributed by atoms with E-state index >= 15 is 0 Å². The van der Waals surface area contributed by atoms with Gasteiger partial charge in [-0.3, -0.25) is 4.79 Å². The molecule has 1 aromatic rings. The van der Waals surface area contributed by atoms with Gasteiger partial charge in [0.1, 0.15) is 0 Å². The van der Waals surface area contributed by atoms with Crippen molar-refractivity contribution < 1.29 is 9.53 Å². The Labute approximate surface area is 140 Å². The Morgan fingerprint density at radius 2 is 2.13 bits per heavy atom. The van der Waals surface area contributed by atoms with Crippen LogP contribution in [0.5, 0.6) is 0 Å². The van der Waals surface area contributed by atoms with Crippen molar-refractivity contribution in [3.8, 4) is 0 Å². The summed E-state index contributed by atoms with van der Waals surface area (Å²) in [7, 11) is 0. The highest BCUT2D eigenvalue weighted by Crippen LogP contribution is 2.15. The second kappa shape index (κ2) is 9.04. The number of nitrogens with zero attached hydrogens (tertiary/aromatic N) is 1. The first-order valence-electron chi connectivity index (χ1n) is 8.81. The van der Waals surface area contributed by atoms with Crippen molar-refractivity contribution in [3.05, 3.63) is 35.4 Å². The van der Waals surface area contributed by atoms with Crippen LogP contribution in [0.15, 0.2) is 24.3 Å². The number of ether oxygens (including phenoxy) is 1. The maximum absolute atomic E-state index is 12.6. The second-order valence-corrected chi connectivity index (χ2v) is 6.55. The molecule has 0 spiro atoms. The van der Waals surface area contributed by atoms with E-state index in [1.165, 1.54) is 11.1 Å². The standard InChI is InChI=1S/C19H30N2O2/c1-3-5-18(20)19(22)21(14-17-6-4-13-23-17)12-11-16-9-7-15(2)8-10-16/h7-10,17-18H,3-6,11-14,20H2,1-2H3. The first-order valence-corrected chi connectivity index (χ1v) is 8.81. The molecule has 0 aliphatic carbocycles. The molecule has 4 nitrogen and oxygen atoms in total. The fraction of sp³-hybridized carbons (Fsp3) is 0.632. The van der Waals surface area contributed by atoms with E-state index in [-0.39, 0.29) is 18.1 Å². The zero-order valence-electron chi connectivity index (χ0n) is 14.5. The summed E-state index contributed by atoms with van der Waals surface area (Å²) >= 11 is 0. The highest BCUT2D eigenvalue weighted by atomic mass is 16.5. The van der Waals surface area contributed by atoms with Crippen LogP contribution in [0.3, 0.4) is 0 Å². The molecule has 2 unspecified atom stereocenters. The Morgan fingerprint density at radius 1 is 1.39 bits per heavy atom. The Kier molecular flexibility index (Phi) is 7.06. The average Bonchev–Trinajstić information content (AvgIpc) is 3.05. The lowest BCUT2D eigenvalue weighted by molar-refractivity contribution is -0.134. The molecule has 2 atom stereocenters. The van der Waals surface area contributed by atoms with Gasteiger partial charge >= 0.3 is 0 Å². The number of hydrogen-bond donors (Lipinski definition) is 1. The van der Waals surface area contributed by atoms with Crippen molar-refractivity contribution in [2.45, 2.75) is 58.1 Å². The lowest BCUT2D eigenvalue weighted by Gasteiger charge is -2.28. The molecule has 1 fully saturated rings. The van der Waals surface area contributed by atoms with Crippen molar-refractivity contribution in [3.63, 3.8) is 0 Å². The quantitative estimate of drug-likeness (QED) is 0.802. The van der Waals surface area contributed by atoms with Crippen LogP contribution < -0.4 is 5.73 Å². The molecule has 4 heteroatoms. The minimum atomic E-state index is -0.389. The summed E-state index contributed by atoms with van der Waals surface area (Å²) in [5, 5.41) is 0. The first-order chi connectivity index (χ1) is 11.1. The van der Waals surface area contributed by atoms with E-state index < -0.39 is 0 Å². The number of benzene rings is 1. The number of nitrogens with two attached hydrogens (primary N) is 1. The number of hydrogen-bond acceptors (Lipinski definition) is 3. The number of aryl methyl sites for hydroxylation is 1. The minimum absolute atomic E-state index is 0.0643. The Balaban J connectivity index is 1.96. The summed E-state index contributed by atoms with van der Waals surface area (Å²) < 4.78 is 5.71. The van der Waals surface area contributed by atoms with Crippen LogP contribution in [0.4, 0.5) is 0 Å². The van der Waals surface area contributed by atoms with Crippen LogP contribution in [0.2, 0.25) is 0 Å². The molecule has 128 valence electrons.